The molecule has 0 amide bonds. The molecule has 2 aromatic rings. The number of fused-ring (bicyclic) bond motifs is 1. The van der Waals surface area contributed by atoms with E-state index < -0.39 is 0 Å². The van der Waals surface area contributed by atoms with Crippen molar-refractivity contribution in [2.45, 2.75) is 19.3 Å². The molecule has 1 atom stereocenters. The molecule has 18 heavy (non-hydrogen) atoms. The zero-order valence-electron chi connectivity index (χ0n) is 10.6. The van der Waals surface area contributed by atoms with Crippen molar-refractivity contribution in [3.63, 3.8) is 0 Å². The number of hydrogen-bond acceptors (Lipinski definition) is 2. The van der Waals surface area contributed by atoms with E-state index in [0.29, 0.717) is 0 Å². The lowest BCUT2D eigenvalue weighted by molar-refractivity contribution is 0.520. The summed E-state index contributed by atoms with van der Waals surface area (Å²) in [5.41, 5.74) is 2.06. The molecule has 0 spiro atoms. The molecule has 1 fully saturated rings. The van der Waals surface area contributed by atoms with Crippen LogP contribution in [0.1, 0.15) is 18.7 Å². The predicted octanol–water partition coefficient (Wildman–Crippen LogP) is 2.77. The minimum Gasteiger partial charge on any atom is -0.330 e. The Hall–Kier alpha value is -1.06. The van der Waals surface area contributed by atoms with Crippen LogP contribution in [0.25, 0.3) is 11.0 Å². The minimum atomic E-state index is 0.788. The van der Waals surface area contributed by atoms with Crippen molar-refractivity contribution < 1.29 is 0 Å². The Balaban J connectivity index is 1.83. The number of halogens is 1. The van der Waals surface area contributed by atoms with Crippen LogP contribution in [0.4, 0.5) is 0 Å². The molecule has 96 valence electrons. The third kappa shape index (κ3) is 2.13. The van der Waals surface area contributed by atoms with Gasteiger partial charge in [-0.25, -0.2) is 4.98 Å². The second kappa shape index (κ2) is 4.90. The molecular formula is C14H18ClN3. The van der Waals surface area contributed by atoms with E-state index in [0.717, 1.165) is 40.8 Å². The fourth-order valence-electron chi connectivity index (χ4n) is 2.79. The van der Waals surface area contributed by atoms with Crippen LogP contribution in [-0.2, 0) is 13.5 Å². The van der Waals surface area contributed by atoms with Crippen LogP contribution in [0, 0.1) is 5.92 Å². The first-order valence-corrected chi connectivity index (χ1v) is 6.94. The van der Waals surface area contributed by atoms with Crippen molar-refractivity contribution in [2.75, 3.05) is 13.1 Å². The van der Waals surface area contributed by atoms with Crippen LogP contribution in [0.15, 0.2) is 18.2 Å². The topological polar surface area (TPSA) is 29.9 Å². The summed E-state index contributed by atoms with van der Waals surface area (Å²) in [6, 6.07) is 5.92. The van der Waals surface area contributed by atoms with E-state index in [4.69, 9.17) is 16.6 Å². The second-order valence-corrected chi connectivity index (χ2v) is 5.50. The van der Waals surface area contributed by atoms with Crippen LogP contribution >= 0.6 is 11.6 Å². The number of imidazole rings is 1. The van der Waals surface area contributed by atoms with Gasteiger partial charge in [0.25, 0.3) is 0 Å². The van der Waals surface area contributed by atoms with E-state index in [1.807, 2.05) is 18.2 Å². The average molecular weight is 264 g/mol. The number of nitrogens with one attached hydrogen (secondary N) is 1. The molecule has 1 saturated heterocycles. The van der Waals surface area contributed by atoms with Gasteiger partial charge >= 0.3 is 0 Å². The Bertz CT molecular complexity index is 555. The number of rotatable bonds is 3. The first-order valence-electron chi connectivity index (χ1n) is 6.56. The number of hydrogen-bond donors (Lipinski definition) is 1. The molecular weight excluding hydrogens is 246 g/mol. The first kappa shape index (κ1) is 12.0. The summed E-state index contributed by atoms with van der Waals surface area (Å²) < 4.78 is 2.14. The average Bonchev–Trinajstić information content (AvgIpc) is 2.96. The molecule has 1 aliphatic rings. The van der Waals surface area contributed by atoms with Gasteiger partial charge in [0.15, 0.2) is 0 Å². The van der Waals surface area contributed by atoms with Gasteiger partial charge in [-0.2, -0.15) is 0 Å². The second-order valence-electron chi connectivity index (χ2n) is 5.09. The van der Waals surface area contributed by atoms with Gasteiger partial charge in [-0.3, -0.25) is 0 Å². The molecule has 3 nitrogen and oxygen atoms in total. The number of benzene rings is 1. The zero-order chi connectivity index (χ0) is 12.5. The third-order valence-corrected chi connectivity index (χ3v) is 4.18. The fourth-order valence-corrected chi connectivity index (χ4v) is 3.08. The SMILES string of the molecule is Cn1c(CCC2CCNC2)nc2cccc(Cl)c21. The lowest BCUT2D eigenvalue weighted by Crippen LogP contribution is -2.10. The smallest absolute Gasteiger partial charge is 0.109 e. The lowest BCUT2D eigenvalue weighted by Gasteiger charge is -2.07. The molecule has 0 saturated carbocycles. The van der Waals surface area contributed by atoms with Crippen molar-refractivity contribution in [2.24, 2.45) is 13.0 Å². The fraction of sp³-hybridized carbons (Fsp3) is 0.500. The highest BCUT2D eigenvalue weighted by Crippen LogP contribution is 2.25. The number of nitrogens with zero attached hydrogens (tertiary/aromatic N) is 2. The Kier molecular flexibility index (Phi) is 3.27. The van der Waals surface area contributed by atoms with Crippen molar-refractivity contribution in [3.05, 3.63) is 29.0 Å². The van der Waals surface area contributed by atoms with Gasteiger partial charge in [0.2, 0.25) is 0 Å². The summed E-state index contributed by atoms with van der Waals surface area (Å²) in [6.07, 6.45) is 3.54. The van der Waals surface area contributed by atoms with Crippen LogP contribution in [0.2, 0.25) is 5.02 Å². The molecule has 0 radical (unpaired) electrons. The summed E-state index contributed by atoms with van der Waals surface area (Å²) in [5.74, 6) is 1.95. The summed E-state index contributed by atoms with van der Waals surface area (Å²) in [6.45, 7) is 2.32. The number of para-hydroxylation sites is 1. The van der Waals surface area contributed by atoms with E-state index >= 15 is 0 Å². The largest absolute Gasteiger partial charge is 0.330 e. The maximum absolute atomic E-state index is 6.23. The van der Waals surface area contributed by atoms with Crippen molar-refractivity contribution in [3.8, 4) is 0 Å². The summed E-state index contributed by atoms with van der Waals surface area (Å²) in [5, 5.41) is 4.20. The van der Waals surface area contributed by atoms with Crippen molar-refractivity contribution >= 4 is 22.6 Å². The Morgan fingerprint density at radius 3 is 3.11 bits per heavy atom. The van der Waals surface area contributed by atoms with Crippen LogP contribution in [0.5, 0.6) is 0 Å². The summed E-state index contributed by atoms with van der Waals surface area (Å²) in [7, 11) is 2.06. The van der Waals surface area contributed by atoms with E-state index in [1.54, 1.807) is 0 Å². The molecule has 1 aromatic heterocycles. The van der Waals surface area contributed by atoms with E-state index in [-0.39, 0.29) is 0 Å². The quantitative estimate of drug-likeness (QED) is 0.923. The molecule has 0 bridgehead atoms. The minimum absolute atomic E-state index is 0.788. The Morgan fingerprint density at radius 1 is 1.50 bits per heavy atom. The summed E-state index contributed by atoms with van der Waals surface area (Å²) in [4.78, 5) is 4.69. The monoisotopic (exact) mass is 263 g/mol. The van der Waals surface area contributed by atoms with E-state index in [1.165, 1.54) is 19.4 Å². The maximum atomic E-state index is 6.23. The molecule has 2 heterocycles. The van der Waals surface area contributed by atoms with Gasteiger partial charge in [0.1, 0.15) is 5.82 Å². The van der Waals surface area contributed by atoms with Gasteiger partial charge in [-0.1, -0.05) is 17.7 Å². The molecule has 1 aliphatic heterocycles. The van der Waals surface area contributed by atoms with Gasteiger partial charge in [-0.05, 0) is 44.0 Å². The highest BCUT2D eigenvalue weighted by atomic mass is 35.5. The van der Waals surface area contributed by atoms with E-state index in [2.05, 4.69) is 16.9 Å². The molecule has 1 aromatic carbocycles. The highest BCUT2D eigenvalue weighted by molar-refractivity contribution is 6.35. The maximum Gasteiger partial charge on any atom is 0.109 e. The van der Waals surface area contributed by atoms with Crippen molar-refractivity contribution in [1.29, 1.82) is 0 Å². The van der Waals surface area contributed by atoms with Crippen LogP contribution < -0.4 is 5.32 Å². The lowest BCUT2D eigenvalue weighted by atomic mass is 10.0. The van der Waals surface area contributed by atoms with Crippen LogP contribution in [0.3, 0.4) is 0 Å². The third-order valence-electron chi connectivity index (χ3n) is 3.88. The highest BCUT2D eigenvalue weighted by Gasteiger charge is 2.16. The van der Waals surface area contributed by atoms with Gasteiger partial charge in [0, 0.05) is 13.5 Å². The molecule has 0 aliphatic carbocycles. The van der Waals surface area contributed by atoms with E-state index in [9.17, 15) is 0 Å². The normalized spacial score (nSPS) is 19.8. The van der Waals surface area contributed by atoms with Crippen molar-refractivity contribution in [1.82, 2.24) is 14.9 Å². The summed E-state index contributed by atoms with van der Waals surface area (Å²) >= 11 is 6.23. The van der Waals surface area contributed by atoms with Gasteiger partial charge < -0.3 is 9.88 Å². The number of aryl methyl sites for hydroxylation is 2. The standard InChI is InChI=1S/C14H18ClN3/c1-18-13(6-5-10-7-8-16-9-10)17-12-4-2-3-11(15)14(12)18/h2-4,10,16H,5-9H2,1H3. The molecule has 1 unspecified atom stereocenters. The molecule has 3 rings (SSSR count). The number of aromatic nitrogens is 2. The van der Waals surface area contributed by atoms with Gasteiger partial charge in [-0.15, -0.1) is 0 Å². The predicted molar refractivity (Wildman–Crippen MR) is 75.0 cm³/mol. The molecule has 1 N–H and O–H groups in total. The van der Waals surface area contributed by atoms with Crippen LogP contribution in [-0.4, -0.2) is 22.6 Å². The Morgan fingerprint density at radius 2 is 2.39 bits per heavy atom. The zero-order valence-corrected chi connectivity index (χ0v) is 11.4. The first-order chi connectivity index (χ1) is 8.75. The Labute approximate surface area is 112 Å². The molecule has 4 heteroatoms. The van der Waals surface area contributed by atoms with Gasteiger partial charge in [0.05, 0.1) is 16.1 Å².